The number of nitrogens with one attached hydrogen (secondary N) is 1. The Bertz CT molecular complexity index is 1030. The van der Waals surface area contributed by atoms with Gasteiger partial charge in [0.2, 0.25) is 0 Å². The molecule has 142 valence electrons. The van der Waals surface area contributed by atoms with Crippen LogP contribution in [0.1, 0.15) is 28.2 Å². The number of hydrogen-bond acceptors (Lipinski definition) is 6. The Balaban J connectivity index is 1.79. The van der Waals surface area contributed by atoms with Gasteiger partial charge in [0.05, 0.1) is 17.3 Å². The second-order valence-electron chi connectivity index (χ2n) is 5.88. The Morgan fingerprint density at radius 1 is 1.15 bits per heavy atom. The molecule has 0 saturated heterocycles. The third-order valence-electron chi connectivity index (χ3n) is 4.10. The molecule has 3 aromatic rings. The lowest BCUT2D eigenvalue weighted by Gasteiger charge is -2.24. The molecule has 0 saturated carbocycles. The van der Waals surface area contributed by atoms with Crippen LogP contribution in [0.25, 0.3) is 0 Å². The fraction of sp³-hybridized carbons (Fsp3) is 0.167. The molecular weight excluding hydrogens is 404 g/mol. The van der Waals surface area contributed by atoms with E-state index < -0.39 is 10.0 Å². The van der Waals surface area contributed by atoms with E-state index in [0.717, 1.165) is 16.2 Å². The molecule has 2 heterocycles. The van der Waals surface area contributed by atoms with Crippen molar-refractivity contribution in [3.63, 3.8) is 0 Å². The molecule has 0 fully saturated rings. The quantitative estimate of drug-likeness (QED) is 0.625. The number of sulfonamides is 1. The molecule has 0 radical (unpaired) electrons. The molecule has 0 bridgehead atoms. The summed E-state index contributed by atoms with van der Waals surface area (Å²) in [6.07, 6.45) is 0. The maximum absolute atomic E-state index is 12.7. The van der Waals surface area contributed by atoms with Crippen LogP contribution in [0, 0.1) is 0 Å². The van der Waals surface area contributed by atoms with Gasteiger partial charge in [-0.2, -0.15) is 0 Å². The van der Waals surface area contributed by atoms with E-state index in [1.165, 1.54) is 29.2 Å². The number of carbonyl (C=O) groups excluding carboxylic acids is 1. The van der Waals surface area contributed by atoms with Crippen LogP contribution in [-0.4, -0.2) is 31.4 Å². The van der Waals surface area contributed by atoms with Crippen LogP contribution in [0.4, 0.5) is 5.69 Å². The summed E-state index contributed by atoms with van der Waals surface area (Å²) in [5.41, 5.74) is 0.298. The van der Waals surface area contributed by atoms with Crippen molar-refractivity contribution in [1.29, 1.82) is 0 Å². The summed E-state index contributed by atoms with van der Waals surface area (Å²) in [6.45, 7) is 1.91. The molecule has 0 spiro atoms. The van der Waals surface area contributed by atoms with E-state index in [1.807, 2.05) is 24.4 Å². The molecule has 1 aromatic carbocycles. The summed E-state index contributed by atoms with van der Waals surface area (Å²) in [5.74, 6) is -0.627. The Morgan fingerprint density at radius 3 is 2.44 bits per heavy atom. The molecule has 6 nitrogen and oxygen atoms in total. The normalized spacial score (nSPS) is 12.5. The van der Waals surface area contributed by atoms with Gasteiger partial charge in [-0.1, -0.05) is 12.1 Å². The van der Waals surface area contributed by atoms with Gasteiger partial charge in [-0.05, 0) is 41.9 Å². The summed E-state index contributed by atoms with van der Waals surface area (Å²) in [6, 6.07) is 11.0. The third kappa shape index (κ3) is 4.15. The number of anilines is 1. The molecule has 1 unspecified atom stereocenters. The molecule has 0 aliphatic carbocycles. The largest absolute Gasteiger partial charge is 0.507 e. The topological polar surface area (TPSA) is 86.7 Å². The first-order chi connectivity index (χ1) is 12.8. The van der Waals surface area contributed by atoms with Gasteiger partial charge in [-0.25, -0.2) is 8.42 Å². The van der Waals surface area contributed by atoms with Gasteiger partial charge in [0, 0.05) is 18.0 Å². The molecule has 0 aliphatic rings. The average molecular weight is 423 g/mol. The number of aromatic hydroxyl groups is 1. The summed E-state index contributed by atoms with van der Waals surface area (Å²) in [5, 5.41) is 13.9. The zero-order valence-electron chi connectivity index (χ0n) is 14.6. The van der Waals surface area contributed by atoms with Crippen LogP contribution in [0.2, 0.25) is 0 Å². The Labute approximate surface area is 165 Å². The highest BCUT2D eigenvalue weighted by Crippen LogP contribution is 2.29. The van der Waals surface area contributed by atoms with Crippen molar-refractivity contribution in [3.8, 4) is 5.75 Å². The van der Waals surface area contributed by atoms with Crippen molar-refractivity contribution >= 4 is 44.3 Å². The maximum Gasteiger partial charge on any atom is 0.271 e. The number of thiophene rings is 2. The molecule has 1 atom stereocenters. The Kier molecular flexibility index (Phi) is 5.54. The van der Waals surface area contributed by atoms with E-state index >= 15 is 0 Å². The monoisotopic (exact) mass is 422 g/mol. The fourth-order valence-electron chi connectivity index (χ4n) is 2.48. The standard InChI is InChI=1S/C18H18N2O4S3/c1-12(16-5-3-9-25-16)20(2)18(22)14-8-7-13(11-15(14)21)19-27(23,24)17-6-4-10-26-17/h3-12,19,21H,1-2H3. The highest BCUT2D eigenvalue weighted by atomic mass is 32.2. The minimum Gasteiger partial charge on any atom is -0.507 e. The molecule has 27 heavy (non-hydrogen) atoms. The predicted octanol–water partition coefficient (Wildman–Crippen LogP) is 4.15. The van der Waals surface area contributed by atoms with Crippen molar-refractivity contribution in [2.45, 2.75) is 17.2 Å². The first-order valence-corrected chi connectivity index (χ1v) is 11.2. The lowest BCUT2D eigenvalue weighted by atomic mass is 10.1. The van der Waals surface area contributed by atoms with Crippen molar-refractivity contribution in [2.24, 2.45) is 0 Å². The number of phenols is 1. The van der Waals surface area contributed by atoms with E-state index in [4.69, 9.17) is 0 Å². The minimum absolute atomic E-state index is 0.111. The molecule has 9 heteroatoms. The zero-order chi connectivity index (χ0) is 19.6. The SMILES string of the molecule is CC(c1cccs1)N(C)C(=O)c1ccc(NS(=O)(=O)c2cccs2)cc1O. The van der Waals surface area contributed by atoms with Gasteiger partial charge < -0.3 is 10.0 Å². The van der Waals surface area contributed by atoms with E-state index in [1.54, 1.807) is 29.8 Å². The second kappa shape index (κ2) is 7.71. The van der Waals surface area contributed by atoms with E-state index in [2.05, 4.69) is 4.72 Å². The van der Waals surface area contributed by atoms with Crippen LogP contribution in [-0.2, 0) is 10.0 Å². The molecular formula is C18H18N2O4S3. The van der Waals surface area contributed by atoms with Crippen molar-refractivity contribution in [2.75, 3.05) is 11.8 Å². The summed E-state index contributed by atoms with van der Waals surface area (Å²) in [4.78, 5) is 15.3. The lowest BCUT2D eigenvalue weighted by Crippen LogP contribution is -2.29. The smallest absolute Gasteiger partial charge is 0.271 e. The summed E-state index contributed by atoms with van der Waals surface area (Å²) in [7, 11) is -2.05. The van der Waals surface area contributed by atoms with Gasteiger partial charge in [-0.3, -0.25) is 9.52 Å². The highest BCUT2D eigenvalue weighted by molar-refractivity contribution is 7.94. The average Bonchev–Trinajstić information content (AvgIpc) is 3.33. The van der Waals surface area contributed by atoms with E-state index in [9.17, 15) is 18.3 Å². The molecule has 2 aromatic heterocycles. The van der Waals surface area contributed by atoms with Crippen molar-refractivity contribution in [1.82, 2.24) is 4.90 Å². The van der Waals surface area contributed by atoms with Crippen LogP contribution in [0.5, 0.6) is 5.75 Å². The van der Waals surface area contributed by atoms with Gasteiger partial charge in [0.15, 0.2) is 0 Å². The Hall–Kier alpha value is -2.36. The van der Waals surface area contributed by atoms with Gasteiger partial charge in [0.1, 0.15) is 9.96 Å². The van der Waals surface area contributed by atoms with Gasteiger partial charge in [0.25, 0.3) is 15.9 Å². The van der Waals surface area contributed by atoms with Gasteiger partial charge >= 0.3 is 0 Å². The predicted molar refractivity (Wildman–Crippen MR) is 108 cm³/mol. The molecule has 3 rings (SSSR count). The first kappa shape index (κ1) is 19.4. The van der Waals surface area contributed by atoms with Crippen LogP contribution in [0.3, 0.4) is 0 Å². The van der Waals surface area contributed by atoms with E-state index in [-0.39, 0.29) is 33.2 Å². The number of rotatable bonds is 6. The number of phenolic OH excluding ortho intramolecular Hbond substituents is 1. The van der Waals surface area contributed by atoms with Crippen molar-refractivity contribution < 1.29 is 18.3 Å². The van der Waals surface area contributed by atoms with Crippen LogP contribution in [0.15, 0.2) is 57.4 Å². The number of nitrogens with zero attached hydrogens (tertiary/aromatic N) is 1. The summed E-state index contributed by atoms with van der Waals surface area (Å²) >= 11 is 2.65. The summed E-state index contributed by atoms with van der Waals surface area (Å²) < 4.78 is 27.1. The third-order valence-corrected chi connectivity index (χ3v) is 7.92. The first-order valence-electron chi connectivity index (χ1n) is 7.99. The van der Waals surface area contributed by atoms with E-state index in [0.29, 0.717) is 0 Å². The Morgan fingerprint density at radius 2 is 1.85 bits per heavy atom. The van der Waals surface area contributed by atoms with Crippen LogP contribution < -0.4 is 4.72 Å². The second-order valence-corrected chi connectivity index (χ2v) is 9.71. The van der Waals surface area contributed by atoms with Crippen LogP contribution >= 0.6 is 22.7 Å². The number of hydrogen-bond donors (Lipinski definition) is 2. The molecule has 2 N–H and O–H groups in total. The number of carbonyl (C=O) groups is 1. The minimum atomic E-state index is -3.72. The molecule has 1 amide bonds. The highest BCUT2D eigenvalue weighted by Gasteiger charge is 2.23. The maximum atomic E-state index is 12.7. The fourth-order valence-corrected chi connectivity index (χ4v) is 5.35. The van der Waals surface area contributed by atoms with Gasteiger partial charge in [-0.15, -0.1) is 22.7 Å². The number of amides is 1. The van der Waals surface area contributed by atoms with Crippen molar-refractivity contribution in [3.05, 3.63) is 63.7 Å². The number of benzene rings is 1. The zero-order valence-corrected chi connectivity index (χ0v) is 17.1. The molecule has 0 aliphatic heterocycles. The lowest BCUT2D eigenvalue weighted by molar-refractivity contribution is 0.0742.